The monoisotopic (exact) mass is 394 g/mol. The molecule has 29 heavy (non-hydrogen) atoms. The predicted molar refractivity (Wildman–Crippen MR) is 106 cm³/mol. The van der Waals surface area contributed by atoms with Crippen molar-refractivity contribution in [1.29, 1.82) is 0 Å². The Morgan fingerprint density at radius 1 is 1.28 bits per heavy atom. The fraction of sp³-hybridized carbons (Fsp3) is 0.381. The Hall–Kier alpha value is -3.13. The number of imidazole rings is 1. The van der Waals surface area contributed by atoms with E-state index < -0.39 is 0 Å². The van der Waals surface area contributed by atoms with E-state index >= 15 is 0 Å². The molecule has 150 valence electrons. The van der Waals surface area contributed by atoms with Crippen LogP contribution in [0.15, 0.2) is 36.7 Å². The first-order chi connectivity index (χ1) is 14.1. The van der Waals surface area contributed by atoms with Crippen LogP contribution in [0.4, 0.5) is 5.82 Å². The highest BCUT2D eigenvalue weighted by Crippen LogP contribution is 2.63. The van der Waals surface area contributed by atoms with Crippen LogP contribution in [0.2, 0.25) is 0 Å². The van der Waals surface area contributed by atoms with Gasteiger partial charge in [0, 0.05) is 42.5 Å². The smallest absolute Gasteiger partial charge is 0.262 e. The number of anilines is 1. The second-order valence-corrected chi connectivity index (χ2v) is 7.63. The maximum absolute atomic E-state index is 12.9. The number of nitrogens with zero attached hydrogens (tertiary/aromatic N) is 3. The molecule has 1 saturated carbocycles. The van der Waals surface area contributed by atoms with Crippen molar-refractivity contribution in [2.75, 3.05) is 32.8 Å². The Morgan fingerprint density at radius 2 is 2.17 bits per heavy atom. The molecule has 4 heterocycles. The molecule has 0 radical (unpaired) electrons. The molecule has 8 heteroatoms. The van der Waals surface area contributed by atoms with Gasteiger partial charge in [0.05, 0.1) is 32.1 Å². The van der Waals surface area contributed by atoms with Crippen LogP contribution in [0.3, 0.4) is 0 Å². The molecule has 2 aliphatic rings. The summed E-state index contributed by atoms with van der Waals surface area (Å²) in [7, 11) is 3.07. The van der Waals surface area contributed by atoms with Crippen LogP contribution in [0.5, 0.6) is 11.6 Å². The van der Waals surface area contributed by atoms with E-state index in [0.29, 0.717) is 28.9 Å². The maximum atomic E-state index is 12.9. The Balaban J connectivity index is 1.44. The minimum atomic E-state index is -0.313. The van der Waals surface area contributed by atoms with Crippen molar-refractivity contribution in [1.82, 2.24) is 14.4 Å². The number of hydrogen-bond donors (Lipinski definition) is 1. The lowest BCUT2D eigenvalue weighted by Gasteiger charge is -2.10. The molecule has 8 nitrogen and oxygen atoms in total. The molecule has 3 aromatic heterocycles. The number of amides is 1. The van der Waals surface area contributed by atoms with Crippen molar-refractivity contribution in [2.45, 2.75) is 18.8 Å². The standard InChI is InChI=1S/C21H22N4O4/c1-27-16-8-18-22-15(14-9-21(14)6-7-29-12-21)11-25(18)10-13(16)20(26)24-17-4-3-5-19(23-17)28-2/h3-5,8,10-11,14H,6-7,9,12H2,1-2H3,(H,23,24,26). The summed E-state index contributed by atoms with van der Waals surface area (Å²) in [6.45, 7) is 1.65. The van der Waals surface area contributed by atoms with E-state index in [0.717, 1.165) is 37.4 Å². The first kappa shape index (κ1) is 17.9. The number of pyridine rings is 2. The molecule has 1 aliphatic heterocycles. The lowest BCUT2D eigenvalue weighted by molar-refractivity contribution is 0.102. The first-order valence-electron chi connectivity index (χ1n) is 9.59. The third kappa shape index (κ3) is 3.09. The fourth-order valence-electron chi connectivity index (χ4n) is 4.15. The van der Waals surface area contributed by atoms with Gasteiger partial charge in [-0.1, -0.05) is 6.07 Å². The topological polar surface area (TPSA) is 87.0 Å². The summed E-state index contributed by atoms with van der Waals surface area (Å²) in [6, 6.07) is 6.98. The van der Waals surface area contributed by atoms with E-state index in [-0.39, 0.29) is 11.3 Å². The molecule has 1 saturated heterocycles. The Bertz CT molecular complexity index is 1090. The minimum absolute atomic E-state index is 0.264. The van der Waals surface area contributed by atoms with Crippen molar-refractivity contribution in [3.05, 3.63) is 47.9 Å². The molecule has 1 N–H and O–H groups in total. The predicted octanol–water partition coefficient (Wildman–Crippen LogP) is 2.89. The van der Waals surface area contributed by atoms with Gasteiger partial charge in [-0.05, 0) is 18.9 Å². The minimum Gasteiger partial charge on any atom is -0.496 e. The van der Waals surface area contributed by atoms with Crippen molar-refractivity contribution < 1.29 is 19.0 Å². The molecule has 0 aromatic carbocycles. The summed E-state index contributed by atoms with van der Waals surface area (Å²) in [4.78, 5) is 21.9. The summed E-state index contributed by atoms with van der Waals surface area (Å²) in [5.41, 5.74) is 2.47. The Kier molecular flexibility index (Phi) is 4.16. The average molecular weight is 394 g/mol. The fourth-order valence-corrected chi connectivity index (χ4v) is 4.15. The summed E-state index contributed by atoms with van der Waals surface area (Å²) in [5.74, 6) is 1.41. The van der Waals surface area contributed by atoms with Gasteiger partial charge in [-0.25, -0.2) is 4.98 Å². The van der Waals surface area contributed by atoms with Crippen LogP contribution < -0.4 is 14.8 Å². The quantitative estimate of drug-likeness (QED) is 0.716. The summed E-state index contributed by atoms with van der Waals surface area (Å²) in [5, 5.41) is 2.79. The highest BCUT2D eigenvalue weighted by Gasteiger charge is 2.57. The van der Waals surface area contributed by atoms with E-state index in [2.05, 4.69) is 10.3 Å². The van der Waals surface area contributed by atoms with Gasteiger partial charge in [-0.2, -0.15) is 4.98 Å². The van der Waals surface area contributed by atoms with E-state index in [1.807, 2.05) is 10.6 Å². The number of carbonyl (C=O) groups is 1. The van der Waals surface area contributed by atoms with Crippen molar-refractivity contribution in [3.8, 4) is 11.6 Å². The summed E-state index contributed by atoms with van der Waals surface area (Å²) >= 11 is 0. The molecule has 1 amide bonds. The van der Waals surface area contributed by atoms with Gasteiger partial charge >= 0.3 is 0 Å². The van der Waals surface area contributed by atoms with Gasteiger partial charge < -0.3 is 23.9 Å². The lowest BCUT2D eigenvalue weighted by atomic mass is 10.0. The zero-order valence-electron chi connectivity index (χ0n) is 16.3. The molecular weight excluding hydrogens is 372 g/mol. The van der Waals surface area contributed by atoms with E-state index in [1.54, 1.807) is 37.6 Å². The molecule has 1 spiro atoms. The Labute approximate surface area is 167 Å². The van der Waals surface area contributed by atoms with Gasteiger partial charge in [0.15, 0.2) is 0 Å². The van der Waals surface area contributed by atoms with E-state index in [4.69, 9.17) is 19.2 Å². The zero-order valence-corrected chi connectivity index (χ0v) is 16.3. The van der Waals surface area contributed by atoms with E-state index in [1.165, 1.54) is 7.11 Å². The zero-order chi connectivity index (χ0) is 20.0. The number of rotatable bonds is 5. The van der Waals surface area contributed by atoms with Crippen LogP contribution in [-0.2, 0) is 4.74 Å². The number of aromatic nitrogens is 3. The van der Waals surface area contributed by atoms with Crippen LogP contribution in [0.1, 0.15) is 34.8 Å². The van der Waals surface area contributed by atoms with Gasteiger partial charge in [-0.15, -0.1) is 0 Å². The largest absolute Gasteiger partial charge is 0.496 e. The van der Waals surface area contributed by atoms with Gasteiger partial charge in [0.1, 0.15) is 17.2 Å². The molecule has 2 unspecified atom stereocenters. The molecule has 1 aliphatic carbocycles. The number of nitrogens with one attached hydrogen (secondary N) is 1. The van der Waals surface area contributed by atoms with Crippen LogP contribution in [0, 0.1) is 5.41 Å². The molecule has 3 aromatic rings. The van der Waals surface area contributed by atoms with Crippen molar-refractivity contribution >= 4 is 17.4 Å². The SMILES string of the molecule is COc1cccc(NC(=O)c2cn3cc(C4CC45CCOC5)nc3cc2OC)n1. The highest BCUT2D eigenvalue weighted by molar-refractivity contribution is 6.05. The second-order valence-electron chi connectivity index (χ2n) is 7.63. The van der Waals surface area contributed by atoms with Crippen molar-refractivity contribution in [2.24, 2.45) is 5.41 Å². The van der Waals surface area contributed by atoms with Gasteiger partial charge in [-0.3, -0.25) is 4.79 Å². The number of methoxy groups -OCH3 is 2. The molecule has 2 fully saturated rings. The first-order valence-corrected chi connectivity index (χ1v) is 9.59. The number of fused-ring (bicyclic) bond motifs is 1. The van der Waals surface area contributed by atoms with Crippen LogP contribution in [0.25, 0.3) is 5.65 Å². The summed E-state index contributed by atoms with van der Waals surface area (Å²) in [6.07, 6.45) is 5.96. The van der Waals surface area contributed by atoms with E-state index in [9.17, 15) is 4.79 Å². The molecular formula is C21H22N4O4. The van der Waals surface area contributed by atoms with Crippen LogP contribution in [-0.4, -0.2) is 47.7 Å². The van der Waals surface area contributed by atoms with Crippen LogP contribution >= 0.6 is 0 Å². The average Bonchev–Trinajstić information content (AvgIpc) is 3.04. The lowest BCUT2D eigenvalue weighted by Crippen LogP contribution is -2.15. The number of ether oxygens (including phenoxy) is 3. The Morgan fingerprint density at radius 3 is 2.93 bits per heavy atom. The number of carbonyl (C=O) groups excluding carboxylic acids is 1. The normalized spacial score (nSPS) is 22.8. The van der Waals surface area contributed by atoms with Crippen molar-refractivity contribution in [3.63, 3.8) is 0 Å². The molecule has 2 atom stereocenters. The highest BCUT2D eigenvalue weighted by atomic mass is 16.5. The second kappa shape index (κ2) is 6.73. The third-order valence-electron chi connectivity index (χ3n) is 5.89. The number of hydrogen-bond acceptors (Lipinski definition) is 6. The van der Waals surface area contributed by atoms with Gasteiger partial charge in [0.25, 0.3) is 5.91 Å². The maximum Gasteiger partial charge on any atom is 0.262 e. The molecule has 5 rings (SSSR count). The van der Waals surface area contributed by atoms with Gasteiger partial charge in [0.2, 0.25) is 5.88 Å². The molecule has 0 bridgehead atoms. The summed E-state index contributed by atoms with van der Waals surface area (Å²) < 4.78 is 18.0. The third-order valence-corrected chi connectivity index (χ3v) is 5.89.